The molecule has 5 nitrogen and oxygen atoms in total. The summed E-state index contributed by atoms with van der Waals surface area (Å²) >= 11 is 0. The van der Waals surface area contributed by atoms with Crippen molar-refractivity contribution in [1.29, 1.82) is 0 Å². The third-order valence-corrected chi connectivity index (χ3v) is 3.20. The van der Waals surface area contributed by atoms with Crippen molar-refractivity contribution in [3.63, 3.8) is 0 Å². The van der Waals surface area contributed by atoms with Gasteiger partial charge in [0, 0.05) is 24.7 Å². The standard InChI is InChI=1S/C16H21F3N2O3/c1-9(4-10(2)22)8-20-15(24)12-5-13(16(17,18)19)7-14(6-12)21-11(3)23/h5-7,9-10,22H,4,8H2,1-3H3,(H,20,24)(H,21,23). The van der Waals surface area contributed by atoms with Crippen LogP contribution in [0.5, 0.6) is 0 Å². The van der Waals surface area contributed by atoms with Crippen molar-refractivity contribution in [3.05, 3.63) is 29.3 Å². The summed E-state index contributed by atoms with van der Waals surface area (Å²) in [4.78, 5) is 23.2. The number of aliphatic hydroxyl groups is 1. The molecule has 0 radical (unpaired) electrons. The molecule has 1 rings (SSSR count). The molecule has 24 heavy (non-hydrogen) atoms. The minimum atomic E-state index is -4.64. The molecule has 2 atom stereocenters. The molecule has 0 aliphatic carbocycles. The van der Waals surface area contributed by atoms with Crippen LogP contribution in [0.25, 0.3) is 0 Å². The van der Waals surface area contributed by atoms with E-state index >= 15 is 0 Å². The first kappa shape index (κ1) is 20.0. The molecule has 0 bridgehead atoms. The maximum Gasteiger partial charge on any atom is 0.416 e. The molecule has 134 valence electrons. The lowest BCUT2D eigenvalue weighted by Crippen LogP contribution is -2.29. The second kappa shape index (κ2) is 8.14. The summed E-state index contributed by atoms with van der Waals surface area (Å²) in [7, 11) is 0. The van der Waals surface area contributed by atoms with E-state index in [1.54, 1.807) is 6.92 Å². The first-order valence-electron chi connectivity index (χ1n) is 7.45. The molecule has 2 amide bonds. The number of anilines is 1. The van der Waals surface area contributed by atoms with E-state index in [0.29, 0.717) is 6.42 Å². The number of nitrogens with one attached hydrogen (secondary N) is 2. The van der Waals surface area contributed by atoms with E-state index < -0.39 is 29.7 Å². The Hall–Kier alpha value is -2.09. The van der Waals surface area contributed by atoms with Gasteiger partial charge in [-0.15, -0.1) is 0 Å². The van der Waals surface area contributed by atoms with Gasteiger partial charge in [-0.1, -0.05) is 6.92 Å². The van der Waals surface area contributed by atoms with Crippen molar-refractivity contribution in [1.82, 2.24) is 5.32 Å². The summed E-state index contributed by atoms with van der Waals surface area (Å²) in [6.07, 6.45) is -4.71. The van der Waals surface area contributed by atoms with Gasteiger partial charge >= 0.3 is 6.18 Å². The minimum Gasteiger partial charge on any atom is -0.393 e. The molecule has 0 saturated heterocycles. The summed E-state index contributed by atoms with van der Waals surface area (Å²) in [5.74, 6) is -1.24. The summed E-state index contributed by atoms with van der Waals surface area (Å²) in [5.41, 5.74) is -1.31. The average molecular weight is 346 g/mol. The molecule has 0 saturated carbocycles. The Morgan fingerprint density at radius 2 is 1.83 bits per heavy atom. The van der Waals surface area contributed by atoms with Crippen LogP contribution in [0.15, 0.2) is 18.2 Å². The molecule has 0 aliphatic rings. The zero-order chi connectivity index (χ0) is 18.5. The Kier molecular flexibility index (Phi) is 6.77. The number of halogens is 3. The Bertz CT molecular complexity index is 601. The zero-order valence-corrected chi connectivity index (χ0v) is 13.7. The van der Waals surface area contributed by atoms with Crippen LogP contribution in [0.2, 0.25) is 0 Å². The van der Waals surface area contributed by atoms with E-state index in [9.17, 15) is 27.9 Å². The number of hydrogen-bond donors (Lipinski definition) is 3. The van der Waals surface area contributed by atoms with Crippen molar-refractivity contribution < 1.29 is 27.9 Å². The lowest BCUT2D eigenvalue weighted by Gasteiger charge is -2.16. The molecule has 0 heterocycles. The van der Waals surface area contributed by atoms with E-state index in [0.717, 1.165) is 19.1 Å². The van der Waals surface area contributed by atoms with Gasteiger partial charge in [-0.05, 0) is 37.5 Å². The predicted octanol–water partition coefficient (Wildman–Crippen LogP) is 2.80. The van der Waals surface area contributed by atoms with E-state index in [1.807, 2.05) is 6.92 Å². The summed E-state index contributed by atoms with van der Waals surface area (Å²) in [5, 5.41) is 14.1. The van der Waals surface area contributed by atoms with Gasteiger partial charge in [0.05, 0.1) is 11.7 Å². The zero-order valence-electron chi connectivity index (χ0n) is 13.7. The highest BCUT2D eigenvalue weighted by molar-refractivity contribution is 5.97. The number of aliphatic hydroxyl groups excluding tert-OH is 1. The Morgan fingerprint density at radius 3 is 2.33 bits per heavy atom. The fourth-order valence-corrected chi connectivity index (χ4v) is 2.23. The molecule has 0 fully saturated rings. The van der Waals surface area contributed by atoms with Crippen molar-refractivity contribution in [2.75, 3.05) is 11.9 Å². The Morgan fingerprint density at radius 1 is 1.21 bits per heavy atom. The van der Waals surface area contributed by atoms with Gasteiger partial charge in [-0.25, -0.2) is 0 Å². The van der Waals surface area contributed by atoms with Crippen LogP contribution >= 0.6 is 0 Å². The smallest absolute Gasteiger partial charge is 0.393 e. The van der Waals surface area contributed by atoms with Crippen LogP contribution in [0, 0.1) is 5.92 Å². The van der Waals surface area contributed by atoms with Gasteiger partial charge in [0.1, 0.15) is 0 Å². The average Bonchev–Trinajstić information content (AvgIpc) is 2.42. The van der Waals surface area contributed by atoms with E-state index in [1.165, 1.54) is 6.07 Å². The molecule has 8 heteroatoms. The number of benzene rings is 1. The van der Waals surface area contributed by atoms with E-state index in [-0.39, 0.29) is 23.7 Å². The van der Waals surface area contributed by atoms with Gasteiger partial charge in [-0.2, -0.15) is 13.2 Å². The fourth-order valence-electron chi connectivity index (χ4n) is 2.23. The van der Waals surface area contributed by atoms with Gasteiger partial charge < -0.3 is 15.7 Å². The molecule has 2 unspecified atom stereocenters. The quantitative estimate of drug-likeness (QED) is 0.741. The van der Waals surface area contributed by atoms with Crippen molar-refractivity contribution in [2.45, 2.75) is 39.5 Å². The van der Waals surface area contributed by atoms with Crippen molar-refractivity contribution in [3.8, 4) is 0 Å². The predicted molar refractivity (Wildman–Crippen MR) is 83.5 cm³/mol. The van der Waals surface area contributed by atoms with E-state index in [2.05, 4.69) is 10.6 Å². The molecule has 3 N–H and O–H groups in total. The maximum atomic E-state index is 12.9. The topological polar surface area (TPSA) is 78.4 Å². The number of amides is 2. The summed E-state index contributed by atoms with van der Waals surface area (Å²) < 4.78 is 38.8. The number of carbonyl (C=O) groups is 2. The highest BCUT2D eigenvalue weighted by atomic mass is 19.4. The summed E-state index contributed by atoms with van der Waals surface area (Å²) in [6, 6.07) is 2.69. The molecule has 0 spiro atoms. The highest BCUT2D eigenvalue weighted by Gasteiger charge is 2.32. The fraction of sp³-hybridized carbons (Fsp3) is 0.500. The number of carbonyl (C=O) groups excluding carboxylic acids is 2. The number of alkyl halides is 3. The number of hydrogen-bond acceptors (Lipinski definition) is 3. The first-order chi connectivity index (χ1) is 11.0. The highest BCUT2D eigenvalue weighted by Crippen LogP contribution is 2.32. The largest absolute Gasteiger partial charge is 0.416 e. The second-order valence-corrected chi connectivity index (χ2v) is 5.88. The van der Waals surface area contributed by atoms with Gasteiger partial charge in [-0.3, -0.25) is 9.59 Å². The normalized spacial score (nSPS) is 14.0. The van der Waals surface area contributed by atoms with Crippen LogP contribution in [-0.2, 0) is 11.0 Å². The number of rotatable bonds is 6. The monoisotopic (exact) mass is 346 g/mol. The van der Waals surface area contributed by atoms with E-state index in [4.69, 9.17) is 0 Å². The molecule has 1 aromatic rings. The molecular formula is C16H21F3N2O3. The molecule has 0 aliphatic heterocycles. The van der Waals surface area contributed by atoms with Crippen LogP contribution < -0.4 is 10.6 Å². The lowest BCUT2D eigenvalue weighted by molar-refractivity contribution is -0.137. The third kappa shape index (κ3) is 6.57. The lowest BCUT2D eigenvalue weighted by atomic mass is 10.0. The van der Waals surface area contributed by atoms with Crippen LogP contribution in [0.3, 0.4) is 0 Å². The minimum absolute atomic E-state index is 0.0328. The third-order valence-electron chi connectivity index (χ3n) is 3.20. The molecule has 0 aromatic heterocycles. The van der Waals surface area contributed by atoms with Crippen LogP contribution in [0.1, 0.15) is 43.1 Å². The Balaban J connectivity index is 2.95. The van der Waals surface area contributed by atoms with Crippen molar-refractivity contribution in [2.24, 2.45) is 5.92 Å². The van der Waals surface area contributed by atoms with Gasteiger partial charge in [0.25, 0.3) is 5.91 Å². The van der Waals surface area contributed by atoms with Crippen molar-refractivity contribution >= 4 is 17.5 Å². The SMILES string of the molecule is CC(=O)Nc1cc(C(=O)NCC(C)CC(C)O)cc(C(F)(F)F)c1. The molecular weight excluding hydrogens is 325 g/mol. The van der Waals surface area contributed by atoms with Gasteiger partial charge in [0.2, 0.25) is 5.91 Å². The molecule has 1 aromatic carbocycles. The first-order valence-corrected chi connectivity index (χ1v) is 7.45. The van der Waals surface area contributed by atoms with Gasteiger partial charge in [0.15, 0.2) is 0 Å². The van der Waals surface area contributed by atoms with Crippen LogP contribution in [0.4, 0.5) is 18.9 Å². The second-order valence-electron chi connectivity index (χ2n) is 5.88. The maximum absolute atomic E-state index is 12.9. The Labute approximate surface area is 138 Å². The van der Waals surface area contributed by atoms with Crippen LogP contribution in [-0.4, -0.2) is 29.6 Å². The summed E-state index contributed by atoms with van der Waals surface area (Å²) in [6.45, 7) is 4.81.